The highest BCUT2D eigenvalue weighted by molar-refractivity contribution is 5.79. The molecule has 20 heavy (non-hydrogen) atoms. The molecule has 2 aromatic heterocycles. The molecule has 3 rings (SSSR count). The Balaban J connectivity index is 2.15. The molecule has 4 nitrogen and oxygen atoms in total. The highest BCUT2D eigenvalue weighted by atomic mass is 16.4. The second-order valence-electron chi connectivity index (χ2n) is 4.53. The van der Waals surface area contributed by atoms with Crippen LogP contribution in [0.2, 0.25) is 0 Å². The van der Waals surface area contributed by atoms with E-state index in [1.165, 1.54) is 0 Å². The Bertz CT molecular complexity index is 748. The van der Waals surface area contributed by atoms with E-state index in [0.717, 1.165) is 22.6 Å². The average molecular weight is 267 g/mol. The van der Waals surface area contributed by atoms with E-state index in [2.05, 4.69) is 4.98 Å². The van der Waals surface area contributed by atoms with Crippen LogP contribution in [0.3, 0.4) is 0 Å². The highest BCUT2D eigenvalue weighted by Gasteiger charge is 2.15. The molecule has 0 N–H and O–H groups in total. The fourth-order valence-corrected chi connectivity index (χ4v) is 2.03. The van der Waals surface area contributed by atoms with Gasteiger partial charge >= 0.3 is 0 Å². The minimum atomic E-state index is 0.301. The summed E-state index contributed by atoms with van der Waals surface area (Å²) in [5.41, 5.74) is 2.56. The molecule has 0 aliphatic carbocycles. The summed E-state index contributed by atoms with van der Waals surface area (Å²) < 4.78 is 11.2. The van der Waals surface area contributed by atoms with Crippen molar-refractivity contribution in [3.8, 4) is 22.8 Å². The Morgan fingerprint density at radius 2 is 1.75 bits per heavy atom. The highest BCUT2D eigenvalue weighted by Crippen LogP contribution is 2.33. The van der Waals surface area contributed by atoms with Crippen molar-refractivity contribution in [2.24, 2.45) is 0 Å². The first-order valence-electron chi connectivity index (χ1n) is 6.28. The van der Waals surface area contributed by atoms with Crippen molar-refractivity contribution in [3.05, 3.63) is 53.6 Å². The predicted molar refractivity (Wildman–Crippen MR) is 74.5 cm³/mol. The first-order valence-corrected chi connectivity index (χ1v) is 6.28. The van der Waals surface area contributed by atoms with Gasteiger partial charge in [-0.05, 0) is 32.0 Å². The number of hydrogen-bond donors (Lipinski definition) is 0. The zero-order valence-electron chi connectivity index (χ0n) is 11.2. The van der Waals surface area contributed by atoms with Crippen molar-refractivity contribution < 1.29 is 13.6 Å². The Morgan fingerprint density at radius 1 is 1.00 bits per heavy atom. The number of furan rings is 1. The molecule has 0 bridgehead atoms. The Hall–Kier alpha value is -2.62. The van der Waals surface area contributed by atoms with E-state index in [1.807, 2.05) is 38.1 Å². The SMILES string of the molecule is Cc1nc(-c2ccccc2-c2ccc(C=O)o2)oc1C. The molecule has 0 unspecified atom stereocenters. The van der Waals surface area contributed by atoms with Crippen LogP contribution in [-0.4, -0.2) is 11.3 Å². The Morgan fingerprint density at radius 3 is 2.35 bits per heavy atom. The van der Waals surface area contributed by atoms with Gasteiger partial charge in [0.15, 0.2) is 12.0 Å². The fraction of sp³-hybridized carbons (Fsp3) is 0.125. The van der Waals surface area contributed by atoms with Crippen molar-refractivity contribution in [2.45, 2.75) is 13.8 Å². The standard InChI is InChI=1S/C16H13NO3/c1-10-11(2)19-16(17-10)14-6-4-3-5-13(14)15-8-7-12(9-18)20-15/h3-9H,1-2H3. The molecule has 0 fully saturated rings. The van der Waals surface area contributed by atoms with Crippen LogP contribution in [0.1, 0.15) is 22.0 Å². The third-order valence-corrected chi connectivity index (χ3v) is 3.19. The summed E-state index contributed by atoms with van der Waals surface area (Å²) in [6.07, 6.45) is 0.686. The average Bonchev–Trinajstić information content (AvgIpc) is 3.06. The monoisotopic (exact) mass is 267 g/mol. The lowest BCUT2D eigenvalue weighted by Crippen LogP contribution is -1.83. The normalized spacial score (nSPS) is 10.7. The van der Waals surface area contributed by atoms with Gasteiger partial charge in [0.05, 0.1) is 5.69 Å². The van der Waals surface area contributed by atoms with Crippen molar-refractivity contribution in [3.63, 3.8) is 0 Å². The number of carbonyl (C=O) groups excluding carboxylic acids is 1. The molecule has 0 aliphatic heterocycles. The van der Waals surface area contributed by atoms with Crippen LogP contribution < -0.4 is 0 Å². The first-order chi connectivity index (χ1) is 9.69. The number of nitrogens with zero attached hydrogens (tertiary/aromatic N) is 1. The number of rotatable bonds is 3. The quantitative estimate of drug-likeness (QED) is 0.672. The minimum Gasteiger partial charge on any atom is -0.453 e. The van der Waals surface area contributed by atoms with Crippen LogP contribution in [0.25, 0.3) is 22.8 Å². The van der Waals surface area contributed by atoms with Gasteiger partial charge in [-0.3, -0.25) is 4.79 Å². The lowest BCUT2D eigenvalue weighted by Gasteiger charge is -2.03. The van der Waals surface area contributed by atoms with E-state index in [9.17, 15) is 4.79 Å². The predicted octanol–water partition coefficient (Wildman–Crippen LogP) is 4.03. The molecule has 0 saturated carbocycles. The summed E-state index contributed by atoms with van der Waals surface area (Å²) in [6.45, 7) is 3.79. The van der Waals surface area contributed by atoms with E-state index in [0.29, 0.717) is 23.7 Å². The topological polar surface area (TPSA) is 56.2 Å². The fourth-order valence-electron chi connectivity index (χ4n) is 2.03. The van der Waals surface area contributed by atoms with Gasteiger partial charge in [0, 0.05) is 11.1 Å². The maximum Gasteiger partial charge on any atom is 0.227 e. The van der Waals surface area contributed by atoms with Crippen LogP contribution in [0.5, 0.6) is 0 Å². The van der Waals surface area contributed by atoms with Crippen molar-refractivity contribution in [1.82, 2.24) is 4.98 Å². The molecule has 0 aliphatic rings. The van der Waals surface area contributed by atoms with Gasteiger partial charge in [-0.1, -0.05) is 18.2 Å². The molecular weight excluding hydrogens is 254 g/mol. The van der Waals surface area contributed by atoms with Gasteiger partial charge in [0.25, 0.3) is 0 Å². The number of oxazole rings is 1. The second-order valence-corrected chi connectivity index (χ2v) is 4.53. The summed E-state index contributed by atoms with van der Waals surface area (Å²) in [4.78, 5) is 15.1. The van der Waals surface area contributed by atoms with Crippen LogP contribution in [0.4, 0.5) is 0 Å². The van der Waals surface area contributed by atoms with Gasteiger partial charge in [0.1, 0.15) is 11.5 Å². The summed E-state index contributed by atoms with van der Waals surface area (Å²) in [7, 11) is 0. The number of benzene rings is 1. The molecule has 3 aromatic rings. The molecule has 4 heteroatoms. The van der Waals surface area contributed by atoms with Gasteiger partial charge in [-0.2, -0.15) is 0 Å². The van der Waals surface area contributed by atoms with Crippen LogP contribution >= 0.6 is 0 Å². The van der Waals surface area contributed by atoms with Crippen LogP contribution in [-0.2, 0) is 0 Å². The van der Waals surface area contributed by atoms with Gasteiger partial charge in [-0.25, -0.2) is 4.98 Å². The summed E-state index contributed by atoms with van der Waals surface area (Å²) in [5, 5.41) is 0. The molecule has 100 valence electrons. The third-order valence-electron chi connectivity index (χ3n) is 3.19. The lowest BCUT2D eigenvalue weighted by molar-refractivity contribution is 0.110. The summed E-state index contributed by atoms with van der Waals surface area (Å²) >= 11 is 0. The second kappa shape index (κ2) is 4.81. The third kappa shape index (κ3) is 2.05. The van der Waals surface area contributed by atoms with Crippen LogP contribution in [0.15, 0.2) is 45.2 Å². The molecule has 0 spiro atoms. The van der Waals surface area contributed by atoms with E-state index in [4.69, 9.17) is 8.83 Å². The Labute approximate surface area is 116 Å². The Kier molecular flexibility index (Phi) is 2.99. The van der Waals surface area contributed by atoms with Gasteiger partial charge in [-0.15, -0.1) is 0 Å². The number of hydrogen-bond acceptors (Lipinski definition) is 4. The number of carbonyl (C=O) groups is 1. The van der Waals surface area contributed by atoms with Crippen molar-refractivity contribution in [2.75, 3.05) is 0 Å². The zero-order valence-corrected chi connectivity index (χ0v) is 11.2. The largest absolute Gasteiger partial charge is 0.453 e. The van der Waals surface area contributed by atoms with E-state index in [1.54, 1.807) is 12.1 Å². The minimum absolute atomic E-state index is 0.301. The smallest absolute Gasteiger partial charge is 0.227 e. The zero-order chi connectivity index (χ0) is 14.1. The molecule has 0 amide bonds. The maximum atomic E-state index is 10.7. The lowest BCUT2D eigenvalue weighted by atomic mass is 10.1. The van der Waals surface area contributed by atoms with Gasteiger partial charge < -0.3 is 8.83 Å². The summed E-state index contributed by atoms with van der Waals surface area (Å²) in [6, 6.07) is 11.1. The maximum absolute atomic E-state index is 10.7. The first kappa shape index (κ1) is 12.4. The molecule has 2 heterocycles. The van der Waals surface area contributed by atoms with Crippen LogP contribution in [0, 0.1) is 13.8 Å². The van der Waals surface area contributed by atoms with E-state index >= 15 is 0 Å². The van der Waals surface area contributed by atoms with Gasteiger partial charge in [0.2, 0.25) is 5.89 Å². The number of aryl methyl sites for hydroxylation is 2. The molecule has 0 radical (unpaired) electrons. The van der Waals surface area contributed by atoms with E-state index < -0.39 is 0 Å². The molecule has 0 saturated heterocycles. The molecular formula is C16H13NO3. The molecule has 1 aromatic carbocycles. The molecule has 0 atom stereocenters. The summed E-state index contributed by atoms with van der Waals surface area (Å²) in [5.74, 6) is 2.27. The van der Waals surface area contributed by atoms with Crippen molar-refractivity contribution in [1.29, 1.82) is 0 Å². The number of aromatic nitrogens is 1. The van der Waals surface area contributed by atoms with E-state index in [-0.39, 0.29) is 0 Å². The number of aldehydes is 1. The van der Waals surface area contributed by atoms with Crippen molar-refractivity contribution >= 4 is 6.29 Å².